The van der Waals surface area contributed by atoms with Crippen molar-refractivity contribution in [3.8, 4) is 5.75 Å². The minimum atomic E-state index is -4.10. The first kappa shape index (κ1) is 19.1. The Morgan fingerprint density at radius 2 is 1.78 bits per heavy atom. The third kappa shape index (κ3) is 3.87. The molecule has 1 atom stereocenters. The molecule has 8 nitrogen and oxygen atoms in total. The van der Waals surface area contributed by atoms with Gasteiger partial charge < -0.3 is 14.8 Å². The molecular formula is C14H19NO7S. The summed E-state index contributed by atoms with van der Waals surface area (Å²) in [6.45, 7) is 2.49. The van der Waals surface area contributed by atoms with Crippen LogP contribution in [0, 0.1) is 0 Å². The molecule has 0 aliphatic heterocycles. The van der Waals surface area contributed by atoms with Crippen molar-refractivity contribution in [2.24, 2.45) is 0 Å². The van der Waals surface area contributed by atoms with Crippen molar-refractivity contribution in [3.63, 3.8) is 0 Å². The predicted octanol–water partition coefficient (Wildman–Crippen LogP) is 0.963. The highest BCUT2D eigenvalue weighted by atomic mass is 32.2. The number of anilines is 1. The molecule has 0 bridgehead atoms. The van der Waals surface area contributed by atoms with Crippen molar-refractivity contribution in [3.05, 3.63) is 18.2 Å². The number of ketones is 1. The molecule has 0 aromatic heterocycles. The Kier molecular flexibility index (Phi) is 5.86. The van der Waals surface area contributed by atoms with E-state index in [4.69, 9.17) is 9.47 Å². The summed E-state index contributed by atoms with van der Waals surface area (Å²) in [5, 5.41) is 2.38. The summed E-state index contributed by atoms with van der Waals surface area (Å²) in [4.78, 5) is 23.6. The molecule has 23 heavy (non-hydrogen) atoms. The predicted molar refractivity (Wildman–Crippen MR) is 81.9 cm³/mol. The Balaban J connectivity index is 3.34. The van der Waals surface area contributed by atoms with E-state index in [1.165, 1.54) is 46.3 Å². The molecule has 9 heteroatoms. The van der Waals surface area contributed by atoms with Crippen LogP contribution in [0.5, 0.6) is 5.75 Å². The maximum atomic E-state index is 12.3. The lowest BCUT2D eigenvalue weighted by molar-refractivity contribution is -0.149. The zero-order valence-corrected chi connectivity index (χ0v) is 14.3. The van der Waals surface area contributed by atoms with Crippen LogP contribution in [0.1, 0.15) is 13.8 Å². The minimum absolute atomic E-state index is 0.0535. The van der Waals surface area contributed by atoms with Crippen LogP contribution in [-0.4, -0.2) is 47.0 Å². The van der Waals surface area contributed by atoms with Crippen LogP contribution in [0.3, 0.4) is 0 Å². The van der Waals surface area contributed by atoms with Gasteiger partial charge in [0.15, 0.2) is 5.78 Å². The topological polar surface area (TPSA) is 108 Å². The Hall–Kier alpha value is -1.97. The Labute approximate surface area is 134 Å². The molecule has 0 aliphatic rings. The number of carbonyl (C=O) groups is 2. The van der Waals surface area contributed by atoms with E-state index >= 15 is 0 Å². The van der Waals surface area contributed by atoms with Crippen LogP contribution in [-0.2, 0) is 28.6 Å². The highest BCUT2D eigenvalue weighted by Crippen LogP contribution is 2.28. The lowest BCUT2D eigenvalue weighted by atomic mass is 10.0. The van der Waals surface area contributed by atoms with Gasteiger partial charge in [0.2, 0.25) is 5.60 Å². The van der Waals surface area contributed by atoms with E-state index in [2.05, 4.69) is 9.50 Å². The van der Waals surface area contributed by atoms with Gasteiger partial charge in [-0.1, -0.05) is 0 Å². The number of methoxy groups -OCH3 is 2. The molecule has 1 N–H and O–H groups in total. The van der Waals surface area contributed by atoms with Gasteiger partial charge in [0, 0.05) is 13.2 Å². The summed E-state index contributed by atoms with van der Waals surface area (Å²) in [5.41, 5.74) is -1.80. The van der Waals surface area contributed by atoms with Crippen LogP contribution in [0.15, 0.2) is 23.1 Å². The molecule has 0 aliphatic carbocycles. The molecule has 1 rings (SSSR count). The maximum Gasteiger partial charge on any atom is 0.298 e. The fraction of sp³-hybridized carbons (Fsp3) is 0.429. The zero-order chi connectivity index (χ0) is 17.8. The number of benzene rings is 1. The molecule has 0 heterocycles. The third-order valence-corrected chi connectivity index (χ3v) is 4.75. The van der Waals surface area contributed by atoms with Gasteiger partial charge in [0.05, 0.1) is 19.9 Å². The van der Waals surface area contributed by atoms with E-state index in [1.54, 1.807) is 0 Å². The molecule has 0 saturated carbocycles. The monoisotopic (exact) mass is 345 g/mol. The van der Waals surface area contributed by atoms with Crippen molar-refractivity contribution >= 4 is 27.5 Å². The van der Waals surface area contributed by atoms with Gasteiger partial charge in [-0.3, -0.25) is 13.8 Å². The summed E-state index contributed by atoms with van der Waals surface area (Å²) >= 11 is 0. The van der Waals surface area contributed by atoms with Crippen molar-refractivity contribution in [1.82, 2.24) is 0 Å². The molecule has 0 spiro atoms. The Morgan fingerprint density at radius 3 is 2.22 bits per heavy atom. The van der Waals surface area contributed by atoms with Crippen LogP contribution < -0.4 is 10.1 Å². The van der Waals surface area contributed by atoms with Crippen LogP contribution in [0.4, 0.5) is 5.69 Å². The van der Waals surface area contributed by atoms with Gasteiger partial charge in [-0.25, -0.2) is 0 Å². The summed E-state index contributed by atoms with van der Waals surface area (Å²) in [7, 11) is -0.525. The van der Waals surface area contributed by atoms with Crippen LogP contribution in [0.25, 0.3) is 0 Å². The normalized spacial score (nSPS) is 14.0. The molecule has 0 radical (unpaired) electrons. The lowest BCUT2D eigenvalue weighted by Gasteiger charge is -2.24. The van der Waals surface area contributed by atoms with Gasteiger partial charge in [0.1, 0.15) is 10.6 Å². The molecule has 1 unspecified atom stereocenters. The van der Waals surface area contributed by atoms with Gasteiger partial charge in [-0.2, -0.15) is 8.42 Å². The standard InChI is InChI=1S/C14H19NO7S/c1-9(16)14(2,21-4)13(17)15-11-7-6-10(20-3)8-12(11)23(18,19)22-5/h6-8H,1-5H3,(H,15,17). The van der Waals surface area contributed by atoms with E-state index in [0.29, 0.717) is 0 Å². The van der Waals surface area contributed by atoms with Gasteiger partial charge in [-0.15, -0.1) is 0 Å². The molecular weight excluding hydrogens is 326 g/mol. The number of hydrogen-bond donors (Lipinski definition) is 1. The van der Waals surface area contributed by atoms with Crippen LogP contribution in [0.2, 0.25) is 0 Å². The number of carbonyl (C=O) groups excluding carboxylic acids is 2. The molecule has 0 saturated heterocycles. The van der Waals surface area contributed by atoms with E-state index in [1.807, 2.05) is 0 Å². The van der Waals surface area contributed by atoms with Gasteiger partial charge >= 0.3 is 0 Å². The molecule has 1 amide bonds. The van der Waals surface area contributed by atoms with E-state index in [9.17, 15) is 18.0 Å². The lowest BCUT2D eigenvalue weighted by Crippen LogP contribution is -2.47. The smallest absolute Gasteiger partial charge is 0.298 e. The average Bonchev–Trinajstić information content (AvgIpc) is 2.53. The second-order valence-electron chi connectivity index (χ2n) is 4.73. The Morgan fingerprint density at radius 1 is 1.17 bits per heavy atom. The average molecular weight is 345 g/mol. The van der Waals surface area contributed by atoms with E-state index < -0.39 is 27.4 Å². The summed E-state index contributed by atoms with van der Waals surface area (Å²) < 4.78 is 38.4. The summed E-state index contributed by atoms with van der Waals surface area (Å²) in [5.74, 6) is -1.06. The molecule has 1 aromatic rings. The highest BCUT2D eigenvalue weighted by molar-refractivity contribution is 7.87. The number of nitrogens with one attached hydrogen (secondary N) is 1. The summed E-state index contributed by atoms with van der Waals surface area (Å²) in [6.07, 6.45) is 0. The number of Topliss-reactive ketones (excluding diaryl/α,β-unsaturated/α-hetero) is 1. The van der Waals surface area contributed by atoms with Crippen LogP contribution >= 0.6 is 0 Å². The van der Waals surface area contributed by atoms with Crippen molar-refractivity contribution in [2.75, 3.05) is 26.6 Å². The first-order chi connectivity index (χ1) is 10.6. The van der Waals surface area contributed by atoms with Crippen molar-refractivity contribution in [1.29, 1.82) is 0 Å². The summed E-state index contributed by atoms with van der Waals surface area (Å²) in [6, 6.07) is 3.99. The van der Waals surface area contributed by atoms with Gasteiger partial charge in [0.25, 0.3) is 16.0 Å². The number of amides is 1. The third-order valence-electron chi connectivity index (χ3n) is 3.44. The Bertz CT molecular complexity index is 714. The van der Waals surface area contributed by atoms with Crippen molar-refractivity contribution in [2.45, 2.75) is 24.3 Å². The first-order valence-electron chi connectivity index (χ1n) is 6.48. The number of rotatable bonds is 7. The SMILES string of the molecule is COc1ccc(NC(=O)C(C)(OC)C(C)=O)c(S(=O)(=O)OC)c1. The highest BCUT2D eigenvalue weighted by Gasteiger charge is 2.39. The second kappa shape index (κ2) is 7.07. The fourth-order valence-corrected chi connectivity index (χ4v) is 2.50. The molecule has 0 fully saturated rings. The largest absolute Gasteiger partial charge is 0.497 e. The quantitative estimate of drug-likeness (QED) is 0.579. The minimum Gasteiger partial charge on any atom is -0.497 e. The van der Waals surface area contributed by atoms with E-state index in [0.717, 1.165) is 7.11 Å². The van der Waals surface area contributed by atoms with Gasteiger partial charge in [-0.05, 0) is 26.0 Å². The second-order valence-corrected chi connectivity index (χ2v) is 6.41. The van der Waals surface area contributed by atoms with E-state index in [-0.39, 0.29) is 16.3 Å². The maximum absolute atomic E-state index is 12.3. The first-order valence-corrected chi connectivity index (χ1v) is 7.89. The number of hydrogen-bond acceptors (Lipinski definition) is 7. The molecule has 1 aromatic carbocycles. The van der Waals surface area contributed by atoms with Crippen molar-refractivity contribution < 1.29 is 31.7 Å². The molecule has 128 valence electrons. The number of ether oxygens (including phenoxy) is 2. The fourth-order valence-electron chi connectivity index (χ4n) is 1.67. The zero-order valence-electron chi connectivity index (χ0n) is 13.5.